The van der Waals surface area contributed by atoms with E-state index in [1.165, 1.54) is 0 Å². The van der Waals surface area contributed by atoms with E-state index < -0.39 is 0 Å². The second-order valence-corrected chi connectivity index (χ2v) is 6.44. The van der Waals surface area contributed by atoms with Gasteiger partial charge in [-0.25, -0.2) is 0 Å². The molecule has 1 unspecified atom stereocenters. The molecule has 0 amide bonds. The van der Waals surface area contributed by atoms with Crippen molar-refractivity contribution in [2.45, 2.75) is 52.3 Å². The molecule has 0 aromatic carbocycles. The van der Waals surface area contributed by atoms with Crippen LogP contribution in [0.5, 0.6) is 0 Å². The quantitative estimate of drug-likeness (QED) is 0.473. The highest BCUT2D eigenvalue weighted by molar-refractivity contribution is 6.21. The van der Waals surface area contributed by atoms with E-state index in [4.69, 9.17) is 11.6 Å². The van der Waals surface area contributed by atoms with Crippen LogP contribution in [0.2, 0.25) is 0 Å². The molecule has 0 fully saturated rings. The highest BCUT2D eigenvalue weighted by Gasteiger charge is 2.31. The van der Waals surface area contributed by atoms with Crippen molar-refractivity contribution in [3.63, 3.8) is 0 Å². The normalized spacial score (nSPS) is 13.6. The first-order valence-electron chi connectivity index (χ1n) is 6.51. The Morgan fingerprint density at radius 2 is 2.05 bits per heavy atom. The molecule has 108 valence electrons. The summed E-state index contributed by atoms with van der Waals surface area (Å²) in [5, 5.41) is 15.4. The SMILES string of the molecule is CCCc1nn(C)c(CC(Cl)C(C)(C)C)c1[N+](=O)[O-]. The molecule has 0 spiro atoms. The lowest BCUT2D eigenvalue weighted by atomic mass is 9.89. The summed E-state index contributed by atoms with van der Waals surface area (Å²) in [6.45, 7) is 8.07. The number of alkyl halides is 1. The summed E-state index contributed by atoms with van der Waals surface area (Å²) in [5.74, 6) is 0. The number of hydrogen-bond acceptors (Lipinski definition) is 3. The van der Waals surface area contributed by atoms with Crippen LogP contribution in [0.3, 0.4) is 0 Å². The minimum Gasteiger partial charge on any atom is -0.265 e. The number of aromatic nitrogens is 2. The number of nitrogens with zero attached hydrogens (tertiary/aromatic N) is 3. The van der Waals surface area contributed by atoms with Crippen molar-refractivity contribution in [1.82, 2.24) is 9.78 Å². The van der Waals surface area contributed by atoms with Gasteiger partial charge < -0.3 is 0 Å². The van der Waals surface area contributed by atoms with Gasteiger partial charge in [0.05, 0.1) is 4.92 Å². The standard InChI is InChI=1S/C13H22ClN3O2/c1-6-7-9-12(17(18)19)10(16(5)15-9)8-11(14)13(2,3)4/h11H,6-8H2,1-5H3. The largest absolute Gasteiger partial charge is 0.313 e. The minimum atomic E-state index is -0.334. The molecule has 0 aliphatic heterocycles. The lowest BCUT2D eigenvalue weighted by Gasteiger charge is -2.24. The Labute approximate surface area is 119 Å². The fourth-order valence-electron chi connectivity index (χ4n) is 1.93. The van der Waals surface area contributed by atoms with Gasteiger partial charge in [0.25, 0.3) is 0 Å². The van der Waals surface area contributed by atoms with Crippen molar-refractivity contribution < 1.29 is 4.92 Å². The van der Waals surface area contributed by atoms with Crippen LogP contribution < -0.4 is 0 Å². The molecule has 1 aromatic rings. The van der Waals surface area contributed by atoms with Gasteiger partial charge >= 0.3 is 5.69 Å². The van der Waals surface area contributed by atoms with E-state index in [-0.39, 0.29) is 21.4 Å². The van der Waals surface area contributed by atoms with Gasteiger partial charge in [-0.05, 0) is 11.8 Å². The predicted molar refractivity (Wildman–Crippen MR) is 76.7 cm³/mol. The molecule has 6 heteroatoms. The average Bonchev–Trinajstić information content (AvgIpc) is 2.54. The molecule has 1 atom stereocenters. The Bertz CT molecular complexity index is 463. The lowest BCUT2D eigenvalue weighted by molar-refractivity contribution is -0.386. The first-order valence-corrected chi connectivity index (χ1v) is 6.95. The van der Waals surface area contributed by atoms with Crippen molar-refractivity contribution in [2.24, 2.45) is 12.5 Å². The molecule has 0 N–H and O–H groups in total. The summed E-state index contributed by atoms with van der Waals surface area (Å²) in [5.41, 5.74) is 1.20. The topological polar surface area (TPSA) is 61.0 Å². The second kappa shape index (κ2) is 5.90. The van der Waals surface area contributed by atoms with E-state index in [1.54, 1.807) is 11.7 Å². The van der Waals surface area contributed by atoms with E-state index in [0.29, 0.717) is 24.2 Å². The van der Waals surface area contributed by atoms with Gasteiger partial charge in [-0.1, -0.05) is 34.1 Å². The van der Waals surface area contributed by atoms with Crippen LogP contribution in [-0.2, 0) is 19.9 Å². The molecule has 1 aromatic heterocycles. The van der Waals surface area contributed by atoms with Gasteiger partial charge in [-0.3, -0.25) is 14.8 Å². The summed E-state index contributed by atoms with van der Waals surface area (Å²) in [6, 6.07) is 0. The van der Waals surface area contributed by atoms with Gasteiger partial charge in [0.1, 0.15) is 11.4 Å². The molecular formula is C13H22ClN3O2. The third-order valence-electron chi connectivity index (χ3n) is 3.19. The predicted octanol–water partition coefficient (Wildman–Crippen LogP) is 3.48. The summed E-state index contributed by atoms with van der Waals surface area (Å²) < 4.78 is 1.60. The number of rotatable bonds is 5. The molecule has 1 heterocycles. The third-order valence-corrected chi connectivity index (χ3v) is 4.00. The van der Waals surface area contributed by atoms with Gasteiger partial charge in [0.2, 0.25) is 0 Å². The molecular weight excluding hydrogens is 266 g/mol. The Balaban J connectivity index is 3.16. The van der Waals surface area contributed by atoms with E-state index >= 15 is 0 Å². The summed E-state index contributed by atoms with van der Waals surface area (Å²) in [7, 11) is 1.74. The second-order valence-electron chi connectivity index (χ2n) is 5.91. The molecule has 0 aliphatic rings. The van der Waals surface area contributed by atoms with E-state index in [1.807, 2.05) is 27.7 Å². The van der Waals surface area contributed by atoms with Gasteiger partial charge in [-0.15, -0.1) is 11.6 Å². The maximum absolute atomic E-state index is 11.3. The molecule has 19 heavy (non-hydrogen) atoms. The van der Waals surface area contributed by atoms with Crippen molar-refractivity contribution in [2.75, 3.05) is 0 Å². The first-order chi connectivity index (χ1) is 8.68. The van der Waals surface area contributed by atoms with Crippen LogP contribution in [0, 0.1) is 15.5 Å². The summed E-state index contributed by atoms with van der Waals surface area (Å²) in [4.78, 5) is 10.9. The maximum atomic E-state index is 11.3. The smallest absolute Gasteiger partial charge is 0.265 e. The number of halogens is 1. The Hall–Kier alpha value is -1.10. The minimum absolute atomic E-state index is 0.107. The molecule has 0 aliphatic carbocycles. The van der Waals surface area contributed by atoms with Crippen LogP contribution in [0.25, 0.3) is 0 Å². The fourth-order valence-corrected chi connectivity index (χ4v) is 2.08. The Morgan fingerprint density at radius 3 is 2.47 bits per heavy atom. The van der Waals surface area contributed by atoms with Crippen molar-refractivity contribution >= 4 is 17.3 Å². The van der Waals surface area contributed by atoms with Crippen molar-refractivity contribution in [1.29, 1.82) is 0 Å². The van der Waals surface area contributed by atoms with E-state index in [9.17, 15) is 10.1 Å². The highest BCUT2D eigenvalue weighted by Crippen LogP contribution is 2.32. The average molecular weight is 288 g/mol. The highest BCUT2D eigenvalue weighted by atomic mass is 35.5. The zero-order valence-corrected chi connectivity index (χ0v) is 13.0. The van der Waals surface area contributed by atoms with Gasteiger partial charge in [-0.2, -0.15) is 5.10 Å². The third kappa shape index (κ3) is 3.69. The maximum Gasteiger partial charge on any atom is 0.313 e. The number of aryl methyl sites for hydroxylation is 2. The van der Waals surface area contributed by atoms with E-state index in [0.717, 1.165) is 6.42 Å². The number of hydrogen-bond donors (Lipinski definition) is 0. The molecule has 5 nitrogen and oxygen atoms in total. The zero-order chi connectivity index (χ0) is 14.8. The van der Waals surface area contributed by atoms with Crippen LogP contribution in [-0.4, -0.2) is 20.1 Å². The fraction of sp³-hybridized carbons (Fsp3) is 0.769. The summed E-state index contributed by atoms with van der Waals surface area (Å²) in [6.07, 6.45) is 1.90. The van der Waals surface area contributed by atoms with Gasteiger partial charge in [0.15, 0.2) is 0 Å². The van der Waals surface area contributed by atoms with Gasteiger partial charge in [0, 0.05) is 18.8 Å². The molecule has 0 saturated heterocycles. The molecule has 1 rings (SSSR count). The Kier molecular flexibility index (Phi) is 4.96. The lowest BCUT2D eigenvalue weighted by Crippen LogP contribution is -2.24. The summed E-state index contributed by atoms with van der Waals surface area (Å²) >= 11 is 6.36. The first kappa shape index (κ1) is 16.0. The van der Waals surface area contributed by atoms with Crippen molar-refractivity contribution in [3.05, 3.63) is 21.5 Å². The van der Waals surface area contributed by atoms with Crippen LogP contribution in [0.15, 0.2) is 0 Å². The molecule has 0 saturated carbocycles. The number of nitro groups is 1. The zero-order valence-electron chi connectivity index (χ0n) is 12.2. The van der Waals surface area contributed by atoms with Crippen molar-refractivity contribution in [3.8, 4) is 0 Å². The van der Waals surface area contributed by atoms with Crippen LogP contribution in [0.4, 0.5) is 5.69 Å². The molecule has 0 bridgehead atoms. The van der Waals surface area contributed by atoms with Crippen LogP contribution >= 0.6 is 11.6 Å². The molecule has 0 radical (unpaired) electrons. The van der Waals surface area contributed by atoms with Crippen LogP contribution in [0.1, 0.15) is 45.5 Å². The van der Waals surface area contributed by atoms with E-state index in [2.05, 4.69) is 5.10 Å². The Morgan fingerprint density at radius 1 is 1.47 bits per heavy atom. The monoisotopic (exact) mass is 287 g/mol.